The second-order valence-electron chi connectivity index (χ2n) is 7.28. The van der Waals surface area contributed by atoms with Gasteiger partial charge in [0.2, 0.25) is 0 Å². The Morgan fingerprint density at radius 3 is 2.88 bits per heavy atom. The number of aldehydes is 1. The molecule has 0 spiro atoms. The van der Waals surface area contributed by atoms with Gasteiger partial charge in [0.15, 0.2) is 6.29 Å². The van der Waals surface area contributed by atoms with E-state index in [0.717, 1.165) is 74.0 Å². The van der Waals surface area contributed by atoms with Crippen LogP contribution in [0.15, 0.2) is 6.07 Å². The quantitative estimate of drug-likeness (QED) is 0.755. The van der Waals surface area contributed by atoms with Gasteiger partial charge < -0.3 is 19.0 Å². The molecule has 132 valence electrons. The summed E-state index contributed by atoms with van der Waals surface area (Å²) in [5, 5.41) is 0. The van der Waals surface area contributed by atoms with E-state index < -0.39 is 0 Å². The van der Waals surface area contributed by atoms with Gasteiger partial charge in [-0.15, -0.1) is 0 Å². The van der Waals surface area contributed by atoms with E-state index in [0.29, 0.717) is 6.42 Å². The Kier molecular flexibility index (Phi) is 5.14. The van der Waals surface area contributed by atoms with Gasteiger partial charge in [-0.2, -0.15) is 0 Å². The smallest absolute Gasteiger partial charge is 0.199 e. The summed E-state index contributed by atoms with van der Waals surface area (Å²) in [4.78, 5) is 10.7. The summed E-state index contributed by atoms with van der Waals surface area (Å²) in [6.07, 6.45) is 7.27. The van der Waals surface area contributed by atoms with Gasteiger partial charge in [0, 0.05) is 12.8 Å². The topological polar surface area (TPSA) is 44.8 Å². The molecule has 4 nitrogen and oxygen atoms in total. The zero-order chi connectivity index (χ0) is 17.2. The first-order chi connectivity index (χ1) is 11.5. The van der Waals surface area contributed by atoms with Gasteiger partial charge in [0.05, 0.1) is 6.61 Å². The fourth-order valence-corrected chi connectivity index (χ4v) is 3.56. The molecule has 0 bridgehead atoms. The largest absolute Gasteiger partial charge is 0.487 e. The lowest BCUT2D eigenvalue weighted by atomic mass is 9.87. The van der Waals surface area contributed by atoms with E-state index in [4.69, 9.17) is 14.2 Å². The number of fused-ring (bicyclic) bond motifs is 1. The average molecular weight is 332 g/mol. The summed E-state index contributed by atoms with van der Waals surface area (Å²) in [7, 11) is 0. The lowest BCUT2D eigenvalue weighted by Crippen LogP contribution is -2.37. The van der Waals surface area contributed by atoms with Crippen molar-refractivity contribution >= 4 is 6.29 Å². The third-order valence-corrected chi connectivity index (χ3v) is 5.33. The fourth-order valence-electron chi connectivity index (χ4n) is 3.56. The SMILES string of the molecule is Cc1c(OC2CCCCO2)cc2c(c1C)OC(C)(CCC=O)CC2. The molecule has 0 aromatic heterocycles. The van der Waals surface area contributed by atoms with Crippen LogP contribution in [0.25, 0.3) is 0 Å². The number of ether oxygens (including phenoxy) is 3. The maximum Gasteiger partial charge on any atom is 0.199 e. The predicted molar refractivity (Wildman–Crippen MR) is 92.8 cm³/mol. The van der Waals surface area contributed by atoms with E-state index in [1.807, 2.05) is 0 Å². The highest BCUT2D eigenvalue weighted by atomic mass is 16.7. The highest BCUT2D eigenvalue weighted by molar-refractivity contribution is 5.54. The Balaban J connectivity index is 1.81. The number of hydrogen-bond acceptors (Lipinski definition) is 4. The standard InChI is InChI=1S/C20H28O4/c1-14-15(2)19-16(8-10-20(3,24-19)9-6-11-21)13-17(14)23-18-7-4-5-12-22-18/h11,13,18H,4-10,12H2,1-3H3. The molecule has 2 aliphatic rings. The molecule has 2 atom stereocenters. The molecule has 0 saturated carbocycles. The van der Waals surface area contributed by atoms with Crippen LogP contribution in [0.3, 0.4) is 0 Å². The van der Waals surface area contributed by atoms with Crippen LogP contribution < -0.4 is 9.47 Å². The van der Waals surface area contributed by atoms with E-state index in [9.17, 15) is 4.79 Å². The van der Waals surface area contributed by atoms with Crippen LogP contribution in [0.1, 0.15) is 62.1 Å². The molecule has 2 heterocycles. The summed E-state index contributed by atoms with van der Waals surface area (Å²) < 4.78 is 18.2. The van der Waals surface area contributed by atoms with E-state index in [2.05, 4.69) is 26.8 Å². The van der Waals surface area contributed by atoms with Crippen molar-refractivity contribution in [1.82, 2.24) is 0 Å². The lowest BCUT2D eigenvalue weighted by molar-refractivity contribution is -0.108. The minimum atomic E-state index is -0.250. The van der Waals surface area contributed by atoms with Crippen molar-refractivity contribution in [2.75, 3.05) is 6.61 Å². The van der Waals surface area contributed by atoms with E-state index in [1.165, 1.54) is 5.56 Å². The molecule has 1 fully saturated rings. The van der Waals surface area contributed by atoms with Crippen molar-refractivity contribution in [2.45, 2.75) is 77.6 Å². The van der Waals surface area contributed by atoms with Gasteiger partial charge in [0.25, 0.3) is 0 Å². The normalized spacial score (nSPS) is 26.4. The minimum Gasteiger partial charge on any atom is -0.487 e. The molecule has 2 unspecified atom stereocenters. The molecule has 0 aliphatic carbocycles. The van der Waals surface area contributed by atoms with Crippen molar-refractivity contribution in [3.8, 4) is 11.5 Å². The number of rotatable bonds is 5. The van der Waals surface area contributed by atoms with Crippen LogP contribution in [-0.2, 0) is 16.0 Å². The molecule has 1 saturated heterocycles. The summed E-state index contributed by atoms with van der Waals surface area (Å²) >= 11 is 0. The highest BCUT2D eigenvalue weighted by Gasteiger charge is 2.33. The number of aryl methyl sites for hydroxylation is 1. The van der Waals surface area contributed by atoms with Gasteiger partial charge in [-0.25, -0.2) is 0 Å². The van der Waals surface area contributed by atoms with Gasteiger partial charge in [-0.3, -0.25) is 0 Å². The Bertz CT molecular complexity index is 604. The van der Waals surface area contributed by atoms with Gasteiger partial charge >= 0.3 is 0 Å². The molecule has 1 aromatic rings. The highest BCUT2D eigenvalue weighted by Crippen LogP contribution is 2.42. The number of benzene rings is 1. The lowest BCUT2D eigenvalue weighted by Gasteiger charge is -2.37. The van der Waals surface area contributed by atoms with E-state index in [-0.39, 0.29) is 11.9 Å². The summed E-state index contributed by atoms with van der Waals surface area (Å²) in [6.45, 7) is 7.06. The molecule has 1 aromatic carbocycles. The van der Waals surface area contributed by atoms with Crippen LogP contribution in [0.5, 0.6) is 11.5 Å². The van der Waals surface area contributed by atoms with Crippen LogP contribution in [-0.4, -0.2) is 24.8 Å². The van der Waals surface area contributed by atoms with Crippen molar-refractivity contribution in [3.05, 3.63) is 22.8 Å². The van der Waals surface area contributed by atoms with Gasteiger partial charge in [-0.05, 0) is 75.6 Å². The first kappa shape index (κ1) is 17.3. The Labute approximate surface area is 144 Å². The second kappa shape index (κ2) is 7.14. The molecule has 0 amide bonds. The summed E-state index contributed by atoms with van der Waals surface area (Å²) in [5.74, 6) is 1.89. The maximum atomic E-state index is 10.7. The minimum absolute atomic E-state index is 0.128. The monoisotopic (exact) mass is 332 g/mol. The fraction of sp³-hybridized carbons (Fsp3) is 0.650. The molecular formula is C20H28O4. The van der Waals surface area contributed by atoms with Crippen LogP contribution in [0.4, 0.5) is 0 Å². The first-order valence-electron chi connectivity index (χ1n) is 9.06. The average Bonchev–Trinajstić information content (AvgIpc) is 2.59. The molecule has 24 heavy (non-hydrogen) atoms. The number of hydrogen-bond donors (Lipinski definition) is 0. The van der Waals surface area contributed by atoms with Crippen molar-refractivity contribution in [1.29, 1.82) is 0 Å². The van der Waals surface area contributed by atoms with Gasteiger partial charge in [-0.1, -0.05) is 0 Å². The Morgan fingerprint density at radius 1 is 1.33 bits per heavy atom. The number of carbonyl (C=O) groups is 1. The van der Waals surface area contributed by atoms with Crippen LogP contribution in [0, 0.1) is 13.8 Å². The maximum absolute atomic E-state index is 10.7. The Hall–Kier alpha value is -1.55. The van der Waals surface area contributed by atoms with Crippen molar-refractivity contribution < 1.29 is 19.0 Å². The molecule has 2 aliphatic heterocycles. The third kappa shape index (κ3) is 3.59. The zero-order valence-corrected chi connectivity index (χ0v) is 15.0. The molecular weight excluding hydrogens is 304 g/mol. The molecule has 0 N–H and O–H groups in total. The summed E-state index contributed by atoms with van der Waals surface area (Å²) in [5.41, 5.74) is 3.20. The zero-order valence-electron chi connectivity index (χ0n) is 15.0. The Morgan fingerprint density at radius 2 is 2.17 bits per heavy atom. The van der Waals surface area contributed by atoms with E-state index >= 15 is 0 Å². The predicted octanol–water partition coefficient (Wildman–Crippen LogP) is 4.27. The van der Waals surface area contributed by atoms with Crippen molar-refractivity contribution in [3.63, 3.8) is 0 Å². The molecule has 4 heteroatoms. The third-order valence-electron chi connectivity index (χ3n) is 5.33. The second-order valence-corrected chi connectivity index (χ2v) is 7.28. The van der Waals surface area contributed by atoms with Crippen molar-refractivity contribution in [2.24, 2.45) is 0 Å². The molecule has 0 radical (unpaired) electrons. The van der Waals surface area contributed by atoms with Gasteiger partial charge in [0.1, 0.15) is 23.4 Å². The van der Waals surface area contributed by atoms with E-state index in [1.54, 1.807) is 0 Å². The number of carbonyl (C=O) groups excluding carboxylic acids is 1. The van der Waals surface area contributed by atoms with Crippen LogP contribution in [0.2, 0.25) is 0 Å². The van der Waals surface area contributed by atoms with Crippen LogP contribution >= 0.6 is 0 Å². The first-order valence-corrected chi connectivity index (χ1v) is 9.06. The summed E-state index contributed by atoms with van der Waals surface area (Å²) in [6, 6.07) is 2.12. The molecule has 3 rings (SSSR count).